The summed E-state index contributed by atoms with van der Waals surface area (Å²) in [4.78, 5) is 15.1. The Morgan fingerprint density at radius 3 is 2.29 bits per heavy atom. The number of nitrogens with zero attached hydrogens (tertiary/aromatic N) is 2. The summed E-state index contributed by atoms with van der Waals surface area (Å²) in [6, 6.07) is 0.257. The minimum absolute atomic E-state index is 0.137. The van der Waals surface area contributed by atoms with Crippen molar-refractivity contribution in [2.75, 3.05) is 34.2 Å². The van der Waals surface area contributed by atoms with Gasteiger partial charge in [0.25, 0.3) is 0 Å². The maximum absolute atomic E-state index is 10.8. The van der Waals surface area contributed by atoms with Crippen LogP contribution in [-0.4, -0.2) is 61.2 Å². The molecular weight excluding hydrogens is 180 g/mol. The van der Waals surface area contributed by atoms with Crippen molar-refractivity contribution in [2.45, 2.75) is 18.9 Å². The topological polar surface area (TPSA) is 43.8 Å². The monoisotopic (exact) mass is 200 g/mol. The molecule has 2 atom stereocenters. The minimum atomic E-state index is -0.641. The highest BCUT2D eigenvalue weighted by molar-refractivity contribution is 5.72. The SMILES string of the molecule is CN(C)CCN(C)C1CCC1C(=O)O. The summed E-state index contributed by atoms with van der Waals surface area (Å²) in [5, 5.41) is 8.89. The van der Waals surface area contributed by atoms with Crippen LogP contribution in [0.5, 0.6) is 0 Å². The average Bonchev–Trinajstić information content (AvgIpc) is 1.97. The first kappa shape index (κ1) is 11.5. The third kappa shape index (κ3) is 2.69. The van der Waals surface area contributed by atoms with Gasteiger partial charge in [0.15, 0.2) is 0 Å². The van der Waals surface area contributed by atoms with Gasteiger partial charge in [-0.1, -0.05) is 0 Å². The van der Waals surface area contributed by atoms with Gasteiger partial charge in [0, 0.05) is 19.1 Å². The molecule has 0 aliphatic heterocycles. The van der Waals surface area contributed by atoms with Crippen LogP contribution in [0.4, 0.5) is 0 Å². The number of carbonyl (C=O) groups is 1. The molecule has 0 amide bonds. The van der Waals surface area contributed by atoms with E-state index in [1.54, 1.807) is 0 Å². The molecule has 4 nitrogen and oxygen atoms in total. The van der Waals surface area contributed by atoms with E-state index in [9.17, 15) is 4.79 Å². The van der Waals surface area contributed by atoms with Crippen molar-refractivity contribution < 1.29 is 9.90 Å². The molecule has 2 unspecified atom stereocenters. The number of aliphatic carboxylic acids is 1. The van der Waals surface area contributed by atoms with Gasteiger partial charge in [0.05, 0.1) is 5.92 Å². The smallest absolute Gasteiger partial charge is 0.308 e. The third-order valence-corrected chi connectivity index (χ3v) is 3.02. The van der Waals surface area contributed by atoms with E-state index >= 15 is 0 Å². The van der Waals surface area contributed by atoms with E-state index in [0.29, 0.717) is 0 Å². The first-order valence-electron chi connectivity index (χ1n) is 5.10. The van der Waals surface area contributed by atoms with Gasteiger partial charge in [-0.05, 0) is 34.0 Å². The zero-order valence-electron chi connectivity index (χ0n) is 9.23. The minimum Gasteiger partial charge on any atom is -0.481 e. The number of carboxylic acids is 1. The van der Waals surface area contributed by atoms with E-state index in [2.05, 4.69) is 9.80 Å². The molecule has 4 heteroatoms. The quantitative estimate of drug-likeness (QED) is 0.695. The highest BCUT2D eigenvalue weighted by Gasteiger charge is 2.38. The predicted octanol–water partition coefficient (Wildman–Crippen LogP) is 0.343. The lowest BCUT2D eigenvalue weighted by molar-refractivity contribution is -0.148. The van der Waals surface area contributed by atoms with E-state index in [-0.39, 0.29) is 12.0 Å². The summed E-state index contributed by atoms with van der Waals surface area (Å²) >= 11 is 0. The van der Waals surface area contributed by atoms with Gasteiger partial charge in [-0.2, -0.15) is 0 Å². The van der Waals surface area contributed by atoms with Gasteiger partial charge in [0.1, 0.15) is 0 Å². The van der Waals surface area contributed by atoms with Crippen LogP contribution < -0.4 is 0 Å². The lowest BCUT2D eigenvalue weighted by atomic mass is 9.79. The molecule has 1 aliphatic rings. The number of likely N-dealkylation sites (N-methyl/N-ethyl adjacent to an activating group) is 2. The Labute approximate surface area is 85.5 Å². The molecule has 0 spiro atoms. The van der Waals surface area contributed by atoms with Crippen LogP contribution in [0.25, 0.3) is 0 Å². The lowest BCUT2D eigenvalue weighted by Gasteiger charge is -2.40. The summed E-state index contributed by atoms with van der Waals surface area (Å²) in [6.07, 6.45) is 1.87. The van der Waals surface area contributed by atoms with Crippen molar-refractivity contribution in [1.82, 2.24) is 9.80 Å². The van der Waals surface area contributed by atoms with Crippen molar-refractivity contribution in [3.8, 4) is 0 Å². The standard InChI is InChI=1S/C10H20N2O2/c1-11(2)6-7-12(3)9-5-4-8(9)10(13)14/h8-9H,4-7H2,1-3H3,(H,13,14). The Bertz CT molecular complexity index is 206. The first-order chi connectivity index (χ1) is 6.52. The van der Waals surface area contributed by atoms with Crippen LogP contribution in [0, 0.1) is 5.92 Å². The van der Waals surface area contributed by atoms with Gasteiger partial charge in [-0.25, -0.2) is 0 Å². The highest BCUT2D eigenvalue weighted by Crippen LogP contribution is 2.31. The molecule has 14 heavy (non-hydrogen) atoms. The Kier molecular flexibility index (Phi) is 3.89. The van der Waals surface area contributed by atoms with Crippen LogP contribution in [0.3, 0.4) is 0 Å². The fourth-order valence-electron chi connectivity index (χ4n) is 1.82. The first-order valence-corrected chi connectivity index (χ1v) is 5.10. The fourth-order valence-corrected chi connectivity index (χ4v) is 1.82. The van der Waals surface area contributed by atoms with Crippen LogP contribution in [0.2, 0.25) is 0 Å². The Balaban J connectivity index is 2.30. The second kappa shape index (κ2) is 4.75. The van der Waals surface area contributed by atoms with Gasteiger partial charge in [-0.3, -0.25) is 4.79 Å². The summed E-state index contributed by atoms with van der Waals surface area (Å²) in [7, 11) is 6.08. The molecule has 0 bridgehead atoms. The number of carboxylic acid groups (broad SMARTS) is 1. The summed E-state index contributed by atoms with van der Waals surface area (Å²) in [5.74, 6) is -0.778. The number of rotatable bonds is 5. The number of hydrogen-bond acceptors (Lipinski definition) is 3. The van der Waals surface area contributed by atoms with Gasteiger partial charge in [0.2, 0.25) is 0 Å². The molecule has 1 fully saturated rings. The van der Waals surface area contributed by atoms with E-state index in [1.165, 1.54) is 0 Å². The van der Waals surface area contributed by atoms with Crippen LogP contribution in [0.15, 0.2) is 0 Å². The Morgan fingerprint density at radius 2 is 1.93 bits per heavy atom. The maximum atomic E-state index is 10.8. The average molecular weight is 200 g/mol. The molecule has 0 heterocycles. The molecule has 0 aromatic carbocycles. The molecular formula is C10H20N2O2. The largest absolute Gasteiger partial charge is 0.481 e. The van der Waals surface area contributed by atoms with Crippen LogP contribution in [0.1, 0.15) is 12.8 Å². The molecule has 0 radical (unpaired) electrons. The second-order valence-corrected chi connectivity index (χ2v) is 4.37. The van der Waals surface area contributed by atoms with Gasteiger partial charge < -0.3 is 14.9 Å². The zero-order chi connectivity index (χ0) is 10.7. The number of hydrogen-bond donors (Lipinski definition) is 1. The van der Waals surface area contributed by atoms with E-state index in [0.717, 1.165) is 25.9 Å². The second-order valence-electron chi connectivity index (χ2n) is 4.37. The third-order valence-electron chi connectivity index (χ3n) is 3.02. The summed E-state index contributed by atoms with van der Waals surface area (Å²) < 4.78 is 0. The summed E-state index contributed by atoms with van der Waals surface area (Å²) in [5.41, 5.74) is 0. The molecule has 0 aromatic rings. The molecule has 1 aliphatic carbocycles. The van der Waals surface area contributed by atoms with E-state index < -0.39 is 5.97 Å². The van der Waals surface area contributed by atoms with E-state index in [1.807, 2.05) is 21.1 Å². The van der Waals surface area contributed by atoms with Gasteiger partial charge in [-0.15, -0.1) is 0 Å². The van der Waals surface area contributed by atoms with Crippen molar-refractivity contribution in [3.05, 3.63) is 0 Å². The van der Waals surface area contributed by atoms with Crippen molar-refractivity contribution in [1.29, 1.82) is 0 Å². The lowest BCUT2D eigenvalue weighted by Crippen LogP contribution is -2.50. The predicted molar refractivity (Wildman–Crippen MR) is 55.3 cm³/mol. The van der Waals surface area contributed by atoms with Crippen LogP contribution >= 0.6 is 0 Å². The fraction of sp³-hybridized carbons (Fsp3) is 0.900. The van der Waals surface area contributed by atoms with Crippen LogP contribution in [-0.2, 0) is 4.79 Å². The van der Waals surface area contributed by atoms with E-state index in [4.69, 9.17) is 5.11 Å². The molecule has 0 aromatic heterocycles. The Morgan fingerprint density at radius 1 is 1.29 bits per heavy atom. The molecule has 82 valence electrons. The van der Waals surface area contributed by atoms with Crippen molar-refractivity contribution in [3.63, 3.8) is 0 Å². The zero-order valence-corrected chi connectivity index (χ0v) is 9.23. The van der Waals surface area contributed by atoms with Crippen molar-refractivity contribution in [2.24, 2.45) is 5.92 Å². The molecule has 1 saturated carbocycles. The highest BCUT2D eigenvalue weighted by atomic mass is 16.4. The molecule has 1 rings (SSSR count). The Hall–Kier alpha value is -0.610. The normalized spacial score (nSPS) is 26.6. The molecule has 0 saturated heterocycles. The molecule has 1 N–H and O–H groups in total. The maximum Gasteiger partial charge on any atom is 0.308 e. The summed E-state index contributed by atoms with van der Waals surface area (Å²) in [6.45, 7) is 1.93. The van der Waals surface area contributed by atoms with Gasteiger partial charge >= 0.3 is 5.97 Å². The van der Waals surface area contributed by atoms with Crippen molar-refractivity contribution >= 4 is 5.97 Å².